The first-order valence-electron chi connectivity index (χ1n) is 8.92. The van der Waals surface area contributed by atoms with Crippen molar-refractivity contribution < 1.29 is 0 Å². The summed E-state index contributed by atoms with van der Waals surface area (Å²) in [5, 5.41) is 18.0. The number of aromatic nitrogens is 4. The van der Waals surface area contributed by atoms with Crippen molar-refractivity contribution in [3.63, 3.8) is 0 Å². The first-order valence-corrected chi connectivity index (χ1v) is 10.1. The van der Waals surface area contributed by atoms with E-state index in [1.807, 2.05) is 24.4 Å². The van der Waals surface area contributed by atoms with E-state index in [-0.39, 0.29) is 5.66 Å². The van der Waals surface area contributed by atoms with Gasteiger partial charge in [-0.25, -0.2) is 0 Å². The molecule has 0 bridgehead atoms. The predicted molar refractivity (Wildman–Crippen MR) is 108 cm³/mol. The van der Waals surface area contributed by atoms with Crippen LogP contribution in [0.25, 0.3) is 21.7 Å². The van der Waals surface area contributed by atoms with E-state index < -0.39 is 0 Å². The molecule has 2 fully saturated rings. The highest BCUT2D eigenvalue weighted by Gasteiger charge is 2.50. The largest absolute Gasteiger partial charge is 0.343 e. The van der Waals surface area contributed by atoms with Crippen LogP contribution in [0.4, 0.5) is 5.13 Å². The van der Waals surface area contributed by atoms with Gasteiger partial charge in [0.05, 0.1) is 23.4 Å². The van der Waals surface area contributed by atoms with Crippen LogP contribution in [0.15, 0.2) is 30.6 Å². The van der Waals surface area contributed by atoms with Crippen molar-refractivity contribution in [1.29, 1.82) is 0 Å². The van der Waals surface area contributed by atoms with Gasteiger partial charge in [0, 0.05) is 36.3 Å². The van der Waals surface area contributed by atoms with Crippen molar-refractivity contribution in [1.82, 2.24) is 25.3 Å². The van der Waals surface area contributed by atoms with E-state index in [0.29, 0.717) is 10.9 Å². The van der Waals surface area contributed by atoms with E-state index >= 15 is 0 Å². The molecule has 4 heterocycles. The second-order valence-corrected chi connectivity index (χ2v) is 8.71. The lowest BCUT2D eigenvalue weighted by molar-refractivity contribution is 0.177. The smallest absolute Gasteiger partial charge is 0.208 e. The summed E-state index contributed by atoms with van der Waals surface area (Å²) in [6, 6.07) is 5.95. The first-order chi connectivity index (χ1) is 13.0. The minimum atomic E-state index is -0.254. The first kappa shape index (κ1) is 17.1. The zero-order valence-electron chi connectivity index (χ0n) is 14.9. The van der Waals surface area contributed by atoms with Crippen molar-refractivity contribution in [2.75, 3.05) is 31.6 Å². The average Bonchev–Trinajstić information content (AvgIpc) is 3.41. The molecule has 0 amide bonds. The summed E-state index contributed by atoms with van der Waals surface area (Å²) in [6.07, 6.45) is 4.76. The lowest BCUT2D eigenvalue weighted by Crippen LogP contribution is -2.55. The number of nitrogens with one attached hydrogen (secondary N) is 1. The van der Waals surface area contributed by atoms with Crippen LogP contribution in [0.5, 0.6) is 0 Å². The molecule has 2 atom stereocenters. The molecule has 9 heteroatoms. The average molecular weight is 402 g/mol. The van der Waals surface area contributed by atoms with Crippen LogP contribution in [-0.2, 0) is 0 Å². The summed E-state index contributed by atoms with van der Waals surface area (Å²) >= 11 is 8.10. The van der Waals surface area contributed by atoms with E-state index in [1.54, 1.807) is 17.5 Å². The highest BCUT2D eigenvalue weighted by molar-refractivity contribution is 7.18. The summed E-state index contributed by atoms with van der Waals surface area (Å²) in [5.74, 6) is 0.479. The van der Waals surface area contributed by atoms with E-state index in [1.165, 1.54) is 0 Å². The van der Waals surface area contributed by atoms with Gasteiger partial charge in [-0.2, -0.15) is 5.10 Å². The third kappa shape index (κ3) is 2.75. The fourth-order valence-electron chi connectivity index (χ4n) is 4.13. The Bertz CT molecular complexity index is 972. The molecule has 2 saturated heterocycles. The Morgan fingerprint density at radius 3 is 2.96 bits per heavy atom. The summed E-state index contributed by atoms with van der Waals surface area (Å²) < 4.78 is 0. The number of aromatic amines is 1. The lowest BCUT2D eigenvalue weighted by atomic mass is 9.99. The van der Waals surface area contributed by atoms with Crippen LogP contribution in [0.1, 0.15) is 6.42 Å². The number of nitrogens with zero attached hydrogens (tertiary/aromatic N) is 5. The van der Waals surface area contributed by atoms with Crippen molar-refractivity contribution in [3.8, 4) is 21.7 Å². The molecule has 7 nitrogen and oxygen atoms in total. The maximum absolute atomic E-state index is 6.65. The van der Waals surface area contributed by atoms with E-state index in [4.69, 9.17) is 17.3 Å². The highest BCUT2D eigenvalue weighted by atomic mass is 35.5. The summed E-state index contributed by atoms with van der Waals surface area (Å²) in [4.78, 5) is 4.53. The van der Waals surface area contributed by atoms with Crippen molar-refractivity contribution >= 4 is 28.1 Å². The number of rotatable bonds is 3. The number of hydrogen-bond donors (Lipinski definition) is 2. The van der Waals surface area contributed by atoms with Gasteiger partial charge in [-0.05, 0) is 31.2 Å². The second kappa shape index (κ2) is 6.27. The molecule has 2 aliphatic rings. The van der Waals surface area contributed by atoms with Gasteiger partial charge < -0.3 is 10.6 Å². The Labute approximate surface area is 166 Å². The molecule has 0 aliphatic carbocycles. The molecule has 27 heavy (non-hydrogen) atoms. The molecule has 5 rings (SSSR count). The number of anilines is 1. The molecular formula is C18H20ClN7S. The van der Waals surface area contributed by atoms with Crippen LogP contribution >= 0.6 is 22.9 Å². The molecule has 0 spiro atoms. The molecule has 3 aromatic rings. The van der Waals surface area contributed by atoms with E-state index in [2.05, 4.69) is 37.2 Å². The number of hydrogen-bond acceptors (Lipinski definition) is 7. The predicted octanol–water partition coefficient (Wildman–Crippen LogP) is 2.68. The number of benzene rings is 1. The fraction of sp³-hybridized carbons (Fsp3) is 0.389. The minimum absolute atomic E-state index is 0.254. The highest BCUT2D eigenvalue weighted by Crippen LogP contribution is 2.41. The number of likely N-dealkylation sites (tertiary alicyclic amines) is 1. The standard InChI is InChI=1S/C18H20ClN7S/c1-25-5-4-13-9-26(10-18(13,25)20)17-24-23-16(27-17)14-3-2-11(6-15(14)19)12-7-21-22-8-12/h2-3,6-8,13H,4-5,9-10,20H2,1H3,(H,21,22)/t13-,18+/m1/s1. The van der Waals surface area contributed by atoms with Gasteiger partial charge in [0.1, 0.15) is 0 Å². The quantitative estimate of drug-likeness (QED) is 0.701. The maximum Gasteiger partial charge on any atom is 0.208 e. The monoisotopic (exact) mass is 401 g/mol. The molecule has 0 saturated carbocycles. The summed E-state index contributed by atoms with van der Waals surface area (Å²) in [5.41, 5.74) is 9.31. The Morgan fingerprint density at radius 2 is 2.22 bits per heavy atom. The number of nitrogens with two attached hydrogens (primary N) is 1. The van der Waals surface area contributed by atoms with Gasteiger partial charge >= 0.3 is 0 Å². The number of halogens is 1. The Morgan fingerprint density at radius 1 is 1.33 bits per heavy atom. The number of H-pyrrole nitrogens is 1. The third-order valence-electron chi connectivity index (χ3n) is 5.83. The Balaban J connectivity index is 1.40. The van der Waals surface area contributed by atoms with Crippen LogP contribution in [0, 0.1) is 5.92 Å². The zero-order chi connectivity index (χ0) is 18.6. The number of fused-ring (bicyclic) bond motifs is 1. The molecule has 0 radical (unpaired) electrons. The van der Waals surface area contributed by atoms with Gasteiger partial charge in [-0.15, -0.1) is 10.2 Å². The SMILES string of the molecule is CN1CC[C@@H]2CN(c3nnc(-c4ccc(-c5cn[nH]c5)cc4Cl)s3)C[C@@]21N. The topological polar surface area (TPSA) is 87.0 Å². The van der Waals surface area contributed by atoms with Crippen molar-refractivity contribution in [2.45, 2.75) is 12.1 Å². The second-order valence-electron chi connectivity index (χ2n) is 7.35. The van der Waals surface area contributed by atoms with Crippen LogP contribution in [0.3, 0.4) is 0 Å². The summed E-state index contributed by atoms with van der Waals surface area (Å²) in [7, 11) is 2.11. The molecular weight excluding hydrogens is 382 g/mol. The Kier molecular flexibility index (Phi) is 3.98. The zero-order valence-corrected chi connectivity index (χ0v) is 16.5. The van der Waals surface area contributed by atoms with Crippen LogP contribution in [-0.4, -0.2) is 57.6 Å². The lowest BCUT2D eigenvalue weighted by Gasteiger charge is -2.31. The number of likely N-dealkylation sites (N-methyl/N-ethyl adjacent to an activating group) is 1. The minimum Gasteiger partial charge on any atom is -0.343 e. The van der Waals surface area contributed by atoms with Gasteiger partial charge in [0.15, 0.2) is 5.01 Å². The normalized spacial score (nSPS) is 25.3. The third-order valence-corrected chi connectivity index (χ3v) is 7.16. The molecule has 0 unspecified atom stereocenters. The van der Waals surface area contributed by atoms with Crippen molar-refractivity contribution in [3.05, 3.63) is 35.6 Å². The molecule has 2 aromatic heterocycles. The molecule has 1 aromatic carbocycles. The van der Waals surface area contributed by atoms with Gasteiger partial charge in [-0.1, -0.05) is 29.0 Å². The molecule has 2 aliphatic heterocycles. The summed E-state index contributed by atoms with van der Waals surface area (Å²) in [6.45, 7) is 2.79. The Hall–Kier alpha value is -2.00. The van der Waals surface area contributed by atoms with Gasteiger partial charge in [-0.3, -0.25) is 10.00 Å². The van der Waals surface area contributed by atoms with E-state index in [9.17, 15) is 0 Å². The van der Waals surface area contributed by atoms with Crippen LogP contribution < -0.4 is 10.6 Å². The van der Waals surface area contributed by atoms with Crippen molar-refractivity contribution in [2.24, 2.45) is 11.7 Å². The van der Waals surface area contributed by atoms with E-state index in [0.717, 1.165) is 52.9 Å². The van der Waals surface area contributed by atoms with Crippen LogP contribution in [0.2, 0.25) is 5.02 Å². The van der Waals surface area contributed by atoms with Gasteiger partial charge in [0.25, 0.3) is 0 Å². The maximum atomic E-state index is 6.65. The fourth-order valence-corrected chi connectivity index (χ4v) is 5.35. The molecule has 140 valence electrons. The molecule has 3 N–H and O–H groups in total. The van der Waals surface area contributed by atoms with Gasteiger partial charge in [0.2, 0.25) is 5.13 Å².